The highest BCUT2D eigenvalue weighted by molar-refractivity contribution is 8.27. The molecule has 9 heteroatoms. The van der Waals surface area contributed by atoms with Crippen LogP contribution in [-0.2, 0) is 11.4 Å². The number of thiocarbonyl (C=S) groups is 1. The highest BCUT2D eigenvalue weighted by Gasteiger charge is 2.34. The largest absolute Gasteiger partial charge is 0.493 e. The lowest BCUT2D eigenvalue weighted by Crippen LogP contribution is -2.28. The van der Waals surface area contributed by atoms with Gasteiger partial charge < -0.3 is 9.47 Å². The Morgan fingerprint density at radius 1 is 1.09 bits per heavy atom. The second-order valence-corrected chi connectivity index (χ2v) is 9.11. The third-order valence-electron chi connectivity index (χ3n) is 5.15. The number of benzene rings is 3. The first-order valence-corrected chi connectivity index (χ1v) is 11.5. The lowest BCUT2D eigenvalue weighted by atomic mass is 10.1. The number of non-ortho nitro benzene ring substituents is 1. The quantitative estimate of drug-likeness (QED) is 0.176. The van der Waals surface area contributed by atoms with Crippen molar-refractivity contribution in [1.29, 1.82) is 0 Å². The Bertz CT molecular complexity index is 1320. The van der Waals surface area contributed by atoms with E-state index in [9.17, 15) is 14.9 Å². The minimum atomic E-state index is -0.444. The van der Waals surface area contributed by atoms with E-state index in [2.05, 4.69) is 0 Å². The molecule has 7 nitrogen and oxygen atoms in total. The van der Waals surface area contributed by atoms with Gasteiger partial charge in [0.15, 0.2) is 15.8 Å². The van der Waals surface area contributed by atoms with Gasteiger partial charge in [0.05, 0.1) is 22.6 Å². The number of thioether (sulfide) groups is 1. The Hall–Kier alpha value is -3.69. The molecule has 3 aromatic carbocycles. The number of aryl methyl sites for hydroxylation is 1. The van der Waals surface area contributed by atoms with E-state index in [0.29, 0.717) is 26.3 Å². The standard InChI is InChI=1S/C25H20N2O5S2/c1-16-6-3-4-9-20(16)26-24(28)23(34-25(26)33)14-17-10-11-21(22(13-17)31-2)32-15-18-7-5-8-19(12-18)27(29)30/h3-14H,15H2,1-2H3/b23-14+. The molecule has 0 radical (unpaired) electrons. The molecule has 0 unspecified atom stereocenters. The second-order valence-electron chi connectivity index (χ2n) is 7.43. The molecule has 0 bridgehead atoms. The van der Waals surface area contributed by atoms with Crippen molar-refractivity contribution in [3.63, 3.8) is 0 Å². The van der Waals surface area contributed by atoms with Gasteiger partial charge >= 0.3 is 0 Å². The van der Waals surface area contributed by atoms with Crippen LogP contribution in [0.25, 0.3) is 6.08 Å². The van der Waals surface area contributed by atoms with Crippen molar-refractivity contribution in [2.75, 3.05) is 12.0 Å². The number of amides is 1. The van der Waals surface area contributed by atoms with Crippen molar-refractivity contribution >= 4 is 51.7 Å². The summed E-state index contributed by atoms with van der Waals surface area (Å²) in [6, 6.07) is 19.2. The maximum Gasteiger partial charge on any atom is 0.270 e. The van der Waals surface area contributed by atoms with Gasteiger partial charge in [-0.15, -0.1) is 0 Å². The van der Waals surface area contributed by atoms with Crippen molar-refractivity contribution in [3.8, 4) is 11.5 Å². The first-order valence-electron chi connectivity index (χ1n) is 10.2. The monoisotopic (exact) mass is 492 g/mol. The van der Waals surface area contributed by atoms with Crippen molar-refractivity contribution in [1.82, 2.24) is 0 Å². The summed E-state index contributed by atoms with van der Waals surface area (Å²) >= 11 is 6.72. The molecule has 1 fully saturated rings. The number of carbonyl (C=O) groups is 1. The maximum atomic E-state index is 13.1. The van der Waals surface area contributed by atoms with Crippen LogP contribution in [0.4, 0.5) is 11.4 Å². The van der Waals surface area contributed by atoms with Gasteiger partial charge in [0.2, 0.25) is 0 Å². The summed E-state index contributed by atoms with van der Waals surface area (Å²) in [5.41, 5.74) is 3.17. The zero-order valence-corrected chi connectivity index (χ0v) is 20.0. The van der Waals surface area contributed by atoms with Gasteiger partial charge in [-0.1, -0.05) is 60.4 Å². The topological polar surface area (TPSA) is 81.9 Å². The number of para-hydroxylation sites is 1. The van der Waals surface area contributed by atoms with Crippen LogP contribution in [0.15, 0.2) is 71.6 Å². The number of anilines is 1. The normalized spacial score (nSPS) is 14.5. The maximum absolute atomic E-state index is 13.1. The van der Waals surface area contributed by atoms with Crippen molar-refractivity contribution in [2.24, 2.45) is 0 Å². The van der Waals surface area contributed by atoms with E-state index in [4.69, 9.17) is 21.7 Å². The number of ether oxygens (including phenoxy) is 2. The van der Waals surface area contributed by atoms with Crippen molar-refractivity contribution < 1.29 is 19.2 Å². The molecule has 0 aromatic heterocycles. The molecule has 1 saturated heterocycles. The van der Waals surface area contributed by atoms with Crippen LogP contribution >= 0.6 is 24.0 Å². The minimum Gasteiger partial charge on any atom is -0.493 e. The molecule has 4 rings (SSSR count). The van der Waals surface area contributed by atoms with E-state index in [1.54, 1.807) is 35.2 Å². The minimum absolute atomic E-state index is 0.00595. The third kappa shape index (κ3) is 4.95. The average Bonchev–Trinajstić information content (AvgIpc) is 3.11. The van der Waals surface area contributed by atoms with Crippen LogP contribution in [0.2, 0.25) is 0 Å². The summed E-state index contributed by atoms with van der Waals surface area (Å²) in [5.74, 6) is 0.793. The number of hydrogen-bond donors (Lipinski definition) is 0. The summed E-state index contributed by atoms with van der Waals surface area (Å²) in [4.78, 5) is 25.7. The number of nitro benzene ring substituents is 1. The van der Waals surface area contributed by atoms with Gasteiger partial charge in [-0.05, 0) is 47.9 Å². The predicted molar refractivity (Wildman–Crippen MR) is 137 cm³/mol. The fourth-order valence-corrected chi connectivity index (χ4v) is 4.74. The van der Waals surface area contributed by atoms with E-state index in [1.165, 1.54) is 31.0 Å². The molecule has 34 heavy (non-hydrogen) atoms. The van der Waals surface area contributed by atoms with E-state index >= 15 is 0 Å². The van der Waals surface area contributed by atoms with Crippen molar-refractivity contribution in [2.45, 2.75) is 13.5 Å². The second kappa shape index (κ2) is 10.1. The molecule has 0 saturated carbocycles. The average molecular weight is 493 g/mol. The van der Waals surface area contributed by atoms with Gasteiger partial charge in [0.1, 0.15) is 6.61 Å². The fourth-order valence-electron chi connectivity index (χ4n) is 3.46. The first kappa shape index (κ1) is 23.5. The lowest BCUT2D eigenvalue weighted by Gasteiger charge is -2.16. The van der Waals surface area contributed by atoms with Crippen molar-refractivity contribution in [3.05, 3.63) is 98.4 Å². The fraction of sp³-hybridized carbons (Fsp3) is 0.120. The molecular formula is C25H20N2O5S2. The van der Waals surface area contributed by atoms with Gasteiger partial charge in [0, 0.05) is 12.1 Å². The van der Waals surface area contributed by atoms with Gasteiger partial charge in [-0.3, -0.25) is 19.8 Å². The van der Waals surface area contributed by atoms with E-state index < -0.39 is 4.92 Å². The van der Waals surface area contributed by atoms with E-state index in [0.717, 1.165) is 16.8 Å². The van der Waals surface area contributed by atoms with Crippen LogP contribution in [0.3, 0.4) is 0 Å². The number of nitrogens with zero attached hydrogens (tertiary/aromatic N) is 2. The Morgan fingerprint density at radius 3 is 2.62 bits per heavy atom. The third-order valence-corrected chi connectivity index (χ3v) is 6.45. The zero-order valence-electron chi connectivity index (χ0n) is 18.4. The molecule has 0 aliphatic carbocycles. The Kier molecular flexibility index (Phi) is 6.95. The molecule has 1 aliphatic heterocycles. The Balaban J connectivity index is 1.53. The first-order chi connectivity index (χ1) is 16.4. The Labute approximate surface area is 206 Å². The number of hydrogen-bond acceptors (Lipinski definition) is 7. The number of nitro groups is 1. The summed E-state index contributed by atoms with van der Waals surface area (Å²) in [6.45, 7) is 2.08. The molecule has 1 aliphatic rings. The Morgan fingerprint density at radius 2 is 1.88 bits per heavy atom. The van der Waals surface area contributed by atoms with Crippen LogP contribution in [-0.4, -0.2) is 22.3 Å². The number of carbonyl (C=O) groups excluding carboxylic acids is 1. The van der Waals surface area contributed by atoms with E-state index in [1.807, 2.05) is 37.3 Å². The van der Waals surface area contributed by atoms with Gasteiger partial charge in [-0.2, -0.15) is 0 Å². The molecule has 172 valence electrons. The molecule has 0 spiro atoms. The SMILES string of the molecule is COc1cc(/C=C2/SC(=S)N(c3ccccc3C)C2=O)ccc1OCc1cccc([N+](=O)[O-])c1. The lowest BCUT2D eigenvalue weighted by molar-refractivity contribution is -0.384. The molecule has 1 heterocycles. The van der Waals surface area contributed by atoms with Gasteiger partial charge in [-0.25, -0.2) is 0 Å². The predicted octanol–water partition coefficient (Wildman–Crippen LogP) is 5.90. The van der Waals surface area contributed by atoms with E-state index in [-0.39, 0.29) is 18.2 Å². The summed E-state index contributed by atoms with van der Waals surface area (Å²) in [6.07, 6.45) is 1.77. The van der Waals surface area contributed by atoms with Crippen LogP contribution in [0.1, 0.15) is 16.7 Å². The number of rotatable bonds is 7. The van der Waals surface area contributed by atoms with Crippen LogP contribution in [0.5, 0.6) is 11.5 Å². The van der Waals surface area contributed by atoms with Crippen LogP contribution in [0, 0.1) is 17.0 Å². The molecule has 3 aromatic rings. The molecular weight excluding hydrogens is 472 g/mol. The number of methoxy groups -OCH3 is 1. The highest BCUT2D eigenvalue weighted by atomic mass is 32.2. The zero-order chi connectivity index (χ0) is 24.2. The summed E-state index contributed by atoms with van der Waals surface area (Å²) in [5, 5.41) is 11.0. The summed E-state index contributed by atoms with van der Waals surface area (Å²) in [7, 11) is 1.52. The summed E-state index contributed by atoms with van der Waals surface area (Å²) < 4.78 is 11.8. The van der Waals surface area contributed by atoms with Gasteiger partial charge in [0.25, 0.3) is 11.6 Å². The molecule has 1 amide bonds. The molecule has 0 atom stereocenters. The molecule has 0 N–H and O–H groups in total. The highest BCUT2D eigenvalue weighted by Crippen LogP contribution is 2.38. The van der Waals surface area contributed by atoms with Crippen LogP contribution < -0.4 is 14.4 Å². The smallest absolute Gasteiger partial charge is 0.270 e.